The first kappa shape index (κ1) is 16.4. The second kappa shape index (κ2) is 7.42. The van der Waals surface area contributed by atoms with Crippen molar-refractivity contribution in [3.63, 3.8) is 0 Å². The highest BCUT2D eigenvalue weighted by molar-refractivity contribution is 5.75. The molecule has 1 saturated heterocycles. The van der Waals surface area contributed by atoms with Crippen LogP contribution in [0.5, 0.6) is 11.5 Å². The molecule has 0 radical (unpaired) electrons. The number of urea groups is 1. The van der Waals surface area contributed by atoms with E-state index in [1.165, 1.54) is 19.3 Å². The number of hydrogen-bond donors (Lipinski definition) is 1. The molecule has 1 aliphatic carbocycles. The number of rotatable bonds is 2. The molecule has 2 aliphatic heterocycles. The minimum atomic E-state index is 0.105. The van der Waals surface area contributed by atoms with Crippen LogP contribution >= 0.6 is 0 Å². The SMILES string of the molecule is O=C(NC1CCCCC1)N1CCN(c2ccc3c(c2)OCCO3)CC1. The number of benzene rings is 1. The second-order valence-electron chi connectivity index (χ2n) is 7.09. The zero-order valence-electron chi connectivity index (χ0n) is 14.7. The van der Waals surface area contributed by atoms with E-state index in [1.807, 2.05) is 17.0 Å². The number of nitrogens with one attached hydrogen (secondary N) is 1. The molecule has 0 unspecified atom stereocenters. The highest BCUT2D eigenvalue weighted by Crippen LogP contribution is 2.34. The normalized spacial score (nSPS) is 21.1. The monoisotopic (exact) mass is 345 g/mol. The van der Waals surface area contributed by atoms with Crippen LogP contribution in [0.4, 0.5) is 10.5 Å². The molecule has 6 heteroatoms. The van der Waals surface area contributed by atoms with Crippen molar-refractivity contribution in [2.45, 2.75) is 38.1 Å². The summed E-state index contributed by atoms with van der Waals surface area (Å²) in [5, 5.41) is 3.22. The van der Waals surface area contributed by atoms with Crippen LogP contribution in [-0.4, -0.2) is 56.4 Å². The summed E-state index contributed by atoms with van der Waals surface area (Å²) >= 11 is 0. The Bertz CT molecular complexity index is 608. The van der Waals surface area contributed by atoms with Crippen LogP contribution in [0, 0.1) is 0 Å². The molecule has 136 valence electrons. The molecule has 0 bridgehead atoms. The first-order valence-corrected chi connectivity index (χ1v) is 9.50. The van der Waals surface area contributed by atoms with Crippen molar-refractivity contribution in [1.82, 2.24) is 10.2 Å². The second-order valence-corrected chi connectivity index (χ2v) is 7.09. The Labute approximate surface area is 149 Å². The fourth-order valence-corrected chi connectivity index (χ4v) is 3.91. The number of anilines is 1. The number of fused-ring (bicyclic) bond motifs is 1. The molecule has 2 fully saturated rings. The molecular formula is C19H27N3O3. The van der Waals surface area contributed by atoms with Crippen LogP contribution in [0.1, 0.15) is 32.1 Å². The molecule has 6 nitrogen and oxygen atoms in total. The zero-order valence-corrected chi connectivity index (χ0v) is 14.7. The Balaban J connectivity index is 1.31. The van der Waals surface area contributed by atoms with Gasteiger partial charge in [0, 0.05) is 44.0 Å². The van der Waals surface area contributed by atoms with Gasteiger partial charge in [-0.1, -0.05) is 19.3 Å². The average Bonchev–Trinajstić information content (AvgIpc) is 2.68. The van der Waals surface area contributed by atoms with Crippen molar-refractivity contribution in [3.05, 3.63) is 18.2 Å². The Morgan fingerprint density at radius 1 is 0.960 bits per heavy atom. The maximum Gasteiger partial charge on any atom is 0.317 e. The molecule has 2 amide bonds. The number of amides is 2. The van der Waals surface area contributed by atoms with E-state index in [0.29, 0.717) is 19.3 Å². The van der Waals surface area contributed by atoms with Gasteiger partial charge in [-0.15, -0.1) is 0 Å². The van der Waals surface area contributed by atoms with E-state index in [0.717, 1.165) is 56.2 Å². The van der Waals surface area contributed by atoms with E-state index in [-0.39, 0.29) is 6.03 Å². The van der Waals surface area contributed by atoms with Crippen LogP contribution in [0.3, 0.4) is 0 Å². The third-order valence-electron chi connectivity index (χ3n) is 5.39. The lowest BCUT2D eigenvalue weighted by molar-refractivity contribution is 0.171. The number of carbonyl (C=O) groups is 1. The van der Waals surface area contributed by atoms with Crippen LogP contribution in [0.2, 0.25) is 0 Å². The van der Waals surface area contributed by atoms with Crippen molar-refractivity contribution in [2.24, 2.45) is 0 Å². The molecule has 0 spiro atoms. The van der Waals surface area contributed by atoms with Gasteiger partial charge in [0.05, 0.1) is 0 Å². The standard InChI is InChI=1S/C19H27N3O3/c23-19(20-15-4-2-1-3-5-15)22-10-8-21(9-11-22)16-6-7-17-18(14-16)25-13-12-24-17/h6-7,14-15H,1-5,8-13H2,(H,20,23). The van der Waals surface area contributed by atoms with Gasteiger partial charge in [-0.25, -0.2) is 4.79 Å². The Kier molecular flexibility index (Phi) is 4.85. The molecule has 1 saturated carbocycles. The molecule has 0 atom stereocenters. The van der Waals surface area contributed by atoms with Crippen LogP contribution in [0.15, 0.2) is 18.2 Å². The number of piperazine rings is 1. The van der Waals surface area contributed by atoms with Gasteiger partial charge in [0.25, 0.3) is 0 Å². The summed E-state index contributed by atoms with van der Waals surface area (Å²) in [5.41, 5.74) is 1.14. The minimum absolute atomic E-state index is 0.105. The fourth-order valence-electron chi connectivity index (χ4n) is 3.91. The Morgan fingerprint density at radius 3 is 2.44 bits per heavy atom. The maximum atomic E-state index is 12.5. The van der Waals surface area contributed by atoms with Crippen molar-refractivity contribution >= 4 is 11.7 Å². The highest BCUT2D eigenvalue weighted by atomic mass is 16.6. The molecule has 2 heterocycles. The highest BCUT2D eigenvalue weighted by Gasteiger charge is 2.24. The third-order valence-corrected chi connectivity index (χ3v) is 5.39. The third kappa shape index (κ3) is 3.78. The van der Waals surface area contributed by atoms with Crippen molar-refractivity contribution in [3.8, 4) is 11.5 Å². The maximum absolute atomic E-state index is 12.5. The summed E-state index contributed by atoms with van der Waals surface area (Å²) in [4.78, 5) is 16.7. The summed E-state index contributed by atoms with van der Waals surface area (Å²) < 4.78 is 11.3. The zero-order chi connectivity index (χ0) is 17.1. The van der Waals surface area contributed by atoms with Gasteiger partial charge in [-0.3, -0.25) is 0 Å². The predicted molar refractivity (Wildman–Crippen MR) is 96.6 cm³/mol. The van der Waals surface area contributed by atoms with E-state index >= 15 is 0 Å². The largest absolute Gasteiger partial charge is 0.486 e. The van der Waals surface area contributed by atoms with Gasteiger partial charge in [-0.05, 0) is 25.0 Å². The van der Waals surface area contributed by atoms with Crippen molar-refractivity contribution in [1.29, 1.82) is 0 Å². The van der Waals surface area contributed by atoms with Crippen LogP contribution in [-0.2, 0) is 0 Å². The summed E-state index contributed by atoms with van der Waals surface area (Å²) in [6.45, 7) is 4.42. The van der Waals surface area contributed by atoms with Crippen LogP contribution < -0.4 is 19.7 Å². The van der Waals surface area contributed by atoms with Gasteiger partial charge in [0.2, 0.25) is 0 Å². The smallest absolute Gasteiger partial charge is 0.317 e. The fraction of sp³-hybridized carbons (Fsp3) is 0.632. The summed E-state index contributed by atoms with van der Waals surface area (Å²) in [7, 11) is 0. The van der Waals surface area contributed by atoms with Gasteiger partial charge in [0.1, 0.15) is 13.2 Å². The molecule has 1 N–H and O–H groups in total. The van der Waals surface area contributed by atoms with E-state index < -0.39 is 0 Å². The van der Waals surface area contributed by atoms with E-state index in [9.17, 15) is 4.79 Å². The van der Waals surface area contributed by atoms with E-state index in [2.05, 4.69) is 16.3 Å². The lowest BCUT2D eigenvalue weighted by atomic mass is 9.96. The van der Waals surface area contributed by atoms with Crippen LogP contribution in [0.25, 0.3) is 0 Å². The first-order chi connectivity index (χ1) is 12.3. The molecule has 3 aliphatic rings. The lowest BCUT2D eigenvalue weighted by Gasteiger charge is -2.37. The Hall–Kier alpha value is -2.11. The van der Waals surface area contributed by atoms with E-state index in [4.69, 9.17) is 9.47 Å². The topological polar surface area (TPSA) is 54.0 Å². The molecule has 25 heavy (non-hydrogen) atoms. The summed E-state index contributed by atoms with van der Waals surface area (Å²) in [5.74, 6) is 1.64. The predicted octanol–water partition coefficient (Wildman–Crippen LogP) is 2.62. The number of carbonyl (C=O) groups excluding carboxylic acids is 1. The van der Waals surface area contributed by atoms with Gasteiger partial charge in [-0.2, -0.15) is 0 Å². The molecule has 1 aromatic rings. The average molecular weight is 345 g/mol. The van der Waals surface area contributed by atoms with Crippen molar-refractivity contribution in [2.75, 3.05) is 44.3 Å². The van der Waals surface area contributed by atoms with Crippen molar-refractivity contribution < 1.29 is 14.3 Å². The molecular weight excluding hydrogens is 318 g/mol. The van der Waals surface area contributed by atoms with Gasteiger partial charge >= 0.3 is 6.03 Å². The minimum Gasteiger partial charge on any atom is -0.486 e. The molecule has 0 aromatic heterocycles. The number of hydrogen-bond acceptors (Lipinski definition) is 4. The quantitative estimate of drug-likeness (QED) is 0.895. The first-order valence-electron chi connectivity index (χ1n) is 9.50. The summed E-state index contributed by atoms with van der Waals surface area (Å²) in [6, 6.07) is 6.58. The lowest BCUT2D eigenvalue weighted by Crippen LogP contribution is -2.53. The Morgan fingerprint density at radius 2 is 1.68 bits per heavy atom. The van der Waals surface area contributed by atoms with E-state index in [1.54, 1.807) is 0 Å². The molecule has 4 rings (SSSR count). The van der Waals surface area contributed by atoms with Gasteiger partial charge in [0.15, 0.2) is 11.5 Å². The number of ether oxygens (including phenoxy) is 2. The molecule has 1 aromatic carbocycles. The van der Waals surface area contributed by atoms with Gasteiger partial charge < -0.3 is 24.6 Å². The number of nitrogens with zero attached hydrogens (tertiary/aromatic N) is 2. The summed E-state index contributed by atoms with van der Waals surface area (Å²) in [6.07, 6.45) is 6.04.